The van der Waals surface area contributed by atoms with Gasteiger partial charge in [0.1, 0.15) is 5.78 Å². The molecule has 0 radical (unpaired) electrons. The van der Waals surface area contributed by atoms with Crippen LogP contribution in [0.2, 0.25) is 18.1 Å². The second-order valence-electron chi connectivity index (χ2n) is 11.2. The second kappa shape index (κ2) is 7.95. The van der Waals surface area contributed by atoms with E-state index in [1.165, 1.54) is 16.4 Å². The minimum absolute atomic E-state index is 0.162. The highest BCUT2D eigenvalue weighted by Gasteiger charge is 2.67. The van der Waals surface area contributed by atoms with Gasteiger partial charge in [-0.25, -0.2) is 0 Å². The summed E-state index contributed by atoms with van der Waals surface area (Å²) >= 11 is 2.39. The summed E-state index contributed by atoms with van der Waals surface area (Å²) in [7, 11) is -1.81. The molecular formula is C24H39IO2Si. The number of halogens is 1. The van der Waals surface area contributed by atoms with Crippen molar-refractivity contribution in [3.63, 3.8) is 0 Å². The van der Waals surface area contributed by atoms with Gasteiger partial charge in [0.05, 0.1) is 0 Å². The molecule has 0 aromatic carbocycles. The van der Waals surface area contributed by atoms with Crippen molar-refractivity contribution < 1.29 is 9.22 Å². The maximum atomic E-state index is 13.6. The van der Waals surface area contributed by atoms with Crippen molar-refractivity contribution in [3.8, 4) is 0 Å². The smallest absolute Gasteiger partial charge is 0.191 e. The quantitative estimate of drug-likeness (QED) is 0.211. The molecule has 2 nitrogen and oxygen atoms in total. The maximum Gasteiger partial charge on any atom is 0.191 e. The van der Waals surface area contributed by atoms with Crippen molar-refractivity contribution in [2.75, 3.05) is 6.61 Å². The molecule has 2 fully saturated rings. The molecule has 0 aromatic heterocycles. The standard InChI is InChI=1S/C24H39IO2Si/c1-16(25)10-11-18(15-27-28(6,7)23(2,3)4)19-13-12-17-9-8-14-24(5)20(17)21(24)22(19)26/h9-10,18-21H,8,11-15H2,1-7H3/b16-10-/t18-,19-,20-,21-,24+/m1/s1. The number of hydrogen-bond acceptors (Lipinski definition) is 2. The van der Waals surface area contributed by atoms with Gasteiger partial charge in [0.2, 0.25) is 0 Å². The molecule has 0 unspecified atom stereocenters. The molecule has 3 aliphatic carbocycles. The Morgan fingerprint density at radius 2 is 2.07 bits per heavy atom. The molecule has 0 saturated heterocycles. The van der Waals surface area contributed by atoms with Crippen LogP contribution in [0.15, 0.2) is 21.3 Å². The van der Waals surface area contributed by atoms with Crippen LogP contribution in [-0.2, 0) is 9.22 Å². The van der Waals surface area contributed by atoms with Gasteiger partial charge < -0.3 is 4.43 Å². The molecule has 0 spiro atoms. The van der Waals surface area contributed by atoms with Crippen LogP contribution in [0, 0.1) is 29.1 Å². The minimum atomic E-state index is -1.81. The third kappa shape index (κ3) is 4.25. The Labute approximate surface area is 187 Å². The van der Waals surface area contributed by atoms with E-state index in [9.17, 15) is 4.79 Å². The zero-order chi connectivity index (χ0) is 20.9. The number of ketones is 1. The topological polar surface area (TPSA) is 26.3 Å². The molecule has 0 aliphatic heterocycles. The normalized spacial score (nSPS) is 34.4. The molecule has 5 atom stereocenters. The zero-order valence-corrected chi connectivity index (χ0v) is 22.1. The summed E-state index contributed by atoms with van der Waals surface area (Å²) in [5.41, 5.74) is 1.86. The second-order valence-corrected chi connectivity index (χ2v) is 17.7. The molecule has 2 saturated carbocycles. The van der Waals surface area contributed by atoms with E-state index in [0.717, 1.165) is 25.9 Å². The highest BCUT2D eigenvalue weighted by atomic mass is 127. The molecule has 0 N–H and O–H groups in total. The van der Waals surface area contributed by atoms with Crippen LogP contribution in [0.3, 0.4) is 0 Å². The third-order valence-electron chi connectivity index (χ3n) is 8.29. The Hall–Kier alpha value is 0.0569. The average Bonchev–Trinajstić information content (AvgIpc) is 3.24. The van der Waals surface area contributed by atoms with Crippen LogP contribution in [-0.4, -0.2) is 20.7 Å². The van der Waals surface area contributed by atoms with Crippen LogP contribution in [0.25, 0.3) is 0 Å². The first-order chi connectivity index (χ1) is 12.9. The molecule has 4 heteroatoms. The highest BCUT2D eigenvalue weighted by Crippen LogP contribution is 2.69. The Bertz CT molecular complexity index is 683. The van der Waals surface area contributed by atoms with Crippen LogP contribution in [0.4, 0.5) is 0 Å². The molecular weight excluding hydrogens is 475 g/mol. The van der Waals surface area contributed by atoms with Crippen LogP contribution < -0.4 is 0 Å². The Balaban J connectivity index is 1.80. The third-order valence-corrected chi connectivity index (χ3v) is 13.2. The Morgan fingerprint density at radius 1 is 1.39 bits per heavy atom. The number of fused-ring (bicyclic) bond motifs is 1. The van der Waals surface area contributed by atoms with Crippen molar-refractivity contribution in [1.29, 1.82) is 0 Å². The number of Topliss-reactive ketones (excluding diaryl/α,β-unsaturated/α-hetero) is 1. The first-order valence-electron chi connectivity index (χ1n) is 11.1. The van der Waals surface area contributed by atoms with E-state index in [0.29, 0.717) is 17.6 Å². The van der Waals surface area contributed by atoms with Crippen molar-refractivity contribution in [3.05, 3.63) is 21.3 Å². The fourth-order valence-electron chi connectivity index (χ4n) is 5.31. The van der Waals surface area contributed by atoms with Gasteiger partial charge in [0, 0.05) is 18.4 Å². The van der Waals surface area contributed by atoms with Crippen molar-refractivity contribution in [1.82, 2.24) is 0 Å². The summed E-state index contributed by atoms with van der Waals surface area (Å²) in [4.78, 5) is 13.6. The lowest BCUT2D eigenvalue weighted by atomic mass is 9.78. The molecule has 158 valence electrons. The summed E-state index contributed by atoms with van der Waals surface area (Å²) in [5.74, 6) is 1.88. The first kappa shape index (κ1) is 22.7. The van der Waals surface area contributed by atoms with E-state index in [1.54, 1.807) is 5.57 Å². The molecule has 0 bridgehead atoms. The van der Waals surface area contributed by atoms with E-state index in [4.69, 9.17) is 4.43 Å². The van der Waals surface area contributed by atoms with Crippen molar-refractivity contribution in [2.24, 2.45) is 29.1 Å². The number of carbonyl (C=O) groups excluding carboxylic acids is 1. The summed E-state index contributed by atoms with van der Waals surface area (Å²) < 4.78 is 7.95. The van der Waals surface area contributed by atoms with E-state index in [-0.39, 0.29) is 22.3 Å². The van der Waals surface area contributed by atoms with E-state index >= 15 is 0 Å². The number of allylic oxidation sites excluding steroid dienone is 4. The predicted octanol–water partition coefficient (Wildman–Crippen LogP) is 7.30. The highest BCUT2D eigenvalue weighted by molar-refractivity contribution is 14.1. The van der Waals surface area contributed by atoms with Gasteiger partial charge in [0.15, 0.2) is 8.32 Å². The lowest BCUT2D eigenvalue weighted by Crippen LogP contribution is -2.43. The summed E-state index contributed by atoms with van der Waals surface area (Å²) in [5, 5.41) is 0.205. The number of hydrogen-bond donors (Lipinski definition) is 0. The summed E-state index contributed by atoms with van der Waals surface area (Å²) in [6.07, 6.45) is 10.2. The first-order valence-corrected chi connectivity index (χ1v) is 15.1. The lowest BCUT2D eigenvalue weighted by Gasteiger charge is -2.38. The fraction of sp³-hybridized carbons (Fsp3) is 0.792. The van der Waals surface area contributed by atoms with Gasteiger partial charge in [-0.3, -0.25) is 4.79 Å². The molecule has 0 amide bonds. The van der Waals surface area contributed by atoms with Crippen molar-refractivity contribution >= 4 is 36.7 Å². The minimum Gasteiger partial charge on any atom is -0.417 e. The molecule has 0 heterocycles. The monoisotopic (exact) mass is 514 g/mol. The molecule has 0 aromatic rings. The fourth-order valence-corrected chi connectivity index (χ4v) is 6.63. The van der Waals surface area contributed by atoms with Gasteiger partial charge in [-0.1, -0.05) is 45.4 Å². The van der Waals surface area contributed by atoms with Crippen LogP contribution in [0.5, 0.6) is 0 Å². The average molecular weight is 515 g/mol. The summed E-state index contributed by atoms with van der Waals surface area (Å²) in [6.45, 7) is 16.8. The summed E-state index contributed by atoms with van der Waals surface area (Å²) in [6, 6.07) is 0. The van der Waals surface area contributed by atoms with E-state index in [1.807, 2.05) is 0 Å². The van der Waals surface area contributed by atoms with Crippen LogP contribution in [0.1, 0.15) is 66.7 Å². The van der Waals surface area contributed by atoms with Gasteiger partial charge in [-0.15, -0.1) is 0 Å². The predicted molar refractivity (Wildman–Crippen MR) is 129 cm³/mol. The zero-order valence-electron chi connectivity index (χ0n) is 18.9. The van der Waals surface area contributed by atoms with Gasteiger partial charge in [0.25, 0.3) is 0 Å². The molecule has 28 heavy (non-hydrogen) atoms. The molecule has 3 aliphatic rings. The van der Waals surface area contributed by atoms with Gasteiger partial charge in [-0.05, 0) is 101 Å². The van der Waals surface area contributed by atoms with Crippen molar-refractivity contribution in [2.45, 2.75) is 84.9 Å². The largest absolute Gasteiger partial charge is 0.417 e. The van der Waals surface area contributed by atoms with Crippen LogP contribution >= 0.6 is 22.6 Å². The number of rotatable bonds is 6. The molecule has 3 rings (SSSR count). The Kier molecular flexibility index (Phi) is 6.46. The SMILES string of the molecule is C/C(I)=C/C[C@H](CO[Si](C)(C)C(C)(C)C)[C@H]1CCC2=CCC[C@@]3(C)[C@H]2[C@@H]3C1=O. The Morgan fingerprint density at radius 3 is 2.68 bits per heavy atom. The van der Waals surface area contributed by atoms with E-state index < -0.39 is 8.32 Å². The van der Waals surface area contributed by atoms with Gasteiger partial charge in [-0.2, -0.15) is 0 Å². The maximum absolute atomic E-state index is 13.6. The number of carbonyl (C=O) groups is 1. The van der Waals surface area contributed by atoms with E-state index in [2.05, 4.69) is 82.5 Å². The lowest BCUT2D eigenvalue weighted by molar-refractivity contribution is -0.127. The van der Waals surface area contributed by atoms with Gasteiger partial charge >= 0.3 is 0 Å².